The molecule has 2 rings (SSSR count). The highest BCUT2D eigenvalue weighted by Crippen LogP contribution is 2.13. The van der Waals surface area contributed by atoms with Crippen LogP contribution < -0.4 is 10.5 Å². The molecule has 0 aliphatic rings. The summed E-state index contributed by atoms with van der Waals surface area (Å²) in [6.45, 7) is 2.56. The van der Waals surface area contributed by atoms with Crippen LogP contribution in [0.4, 0.5) is 0 Å². The highest BCUT2D eigenvalue weighted by molar-refractivity contribution is 7.88. The van der Waals surface area contributed by atoms with Crippen molar-refractivity contribution in [2.45, 2.75) is 25.8 Å². The first-order chi connectivity index (χ1) is 9.50. The number of rotatable bonds is 6. The van der Waals surface area contributed by atoms with Crippen molar-refractivity contribution in [1.29, 1.82) is 0 Å². The Hall–Kier alpha value is -1.28. The summed E-state index contributed by atoms with van der Waals surface area (Å²) in [5.74, 6) is -0.0430. The van der Waals surface area contributed by atoms with Crippen molar-refractivity contribution in [3.05, 3.63) is 51.5 Å². The molecule has 0 bridgehead atoms. The van der Waals surface area contributed by atoms with E-state index in [1.54, 1.807) is 11.6 Å². The minimum absolute atomic E-state index is 0.0430. The van der Waals surface area contributed by atoms with Crippen molar-refractivity contribution in [2.24, 2.45) is 5.73 Å². The maximum absolute atomic E-state index is 12.0. The Kier molecular flexibility index (Phi) is 4.87. The number of aromatic nitrogens is 1. The molecule has 3 N–H and O–H groups in total. The Bertz CT molecular complexity index is 680. The van der Waals surface area contributed by atoms with Crippen molar-refractivity contribution in [3.63, 3.8) is 0 Å². The van der Waals surface area contributed by atoms with Gasteiger partial charge in [0, 0.05) is 18.0 Å². The van der Waals surface area contributed by atoms with E-state index in [9.17, 15) is 8.42 Å². The van der Waals surface area contributed by atoms with Crippen LogP contribution in [-0.2, 0) is 28.9 Å². The smallest absolute Gasteiger partial charge is 0.216 e. The first-order valence-corrected chi connectivity index (χ1v) is 8.67. The van der Waals surface area contributed by atoms with Gasteiger partial charge in [-0.1, -0.05) is 24.3 Å². The monoisotopic (exact) mass is 311 g/mol. The molecule has 0 aliphatic heterocycles. The van der Waals surface area contributed by atoms with Crippen LogP contribution in [0.5, 0.6) is 0 Å². The van der Waals surface area contributed by atoms with Crippen LogP contribution in [0.15, 0.2) is 29.8 Å². The van der Waals surface area contributed by atoms with Gasteiger partial charge in [-0.15, -0.1) is 11.3 Å². The summed E-state index contributed by atoms with van der Waals surface area (Å²) in [5, 5.41) is 0. The molecule has 0 atom stereocenters. The number of benzene rings is 1. The zero-order chi connectivity index (χ0) is 14.6. The molecule has 108 valence electrons. The molecule has 0 fully saturated rings. The number of hydrogen-bond acceptors (Lipinski definition) is 5. The number of sulfonamides is 1. The average Bonchev–Trinajstić information content (AvgIpc) is 2.82. The van der Waals surface area contributed by atoms with Crippen LogP contribution in [0.1, 0.15) is 21.7 Å². The van der Waals surface area contributed by atoms with Crippen molar-refractivity contribution in [1.82, 2.24) is 9.71 Å². The van der Waals surface area contributed by atoms with Gasteiger partial charge in [0.05, 0.1) is 17.0 Å². The molecule has 1 aromatic carbocycles. The molecule has 2 aromatic rings. The zero-order valence-corrected chi connectivity index (χ0v) is 12.8. The lowest BCUT2D eigenvalue weighted by Gasteiger charge is -2.07. The third-order valence-electron chi connectivity index (χ3n) is 2.88. The molecule has 0 spiro atoms. The van der Waals surface area contributed by atoms with E-state index in [2.05, 4.69) is 9.71 Å². The third kappa shape index (κ3) is 4.11. The van der Waals surface area contributed by atoms with E-state index in [0.717, 1.165) is 21.7 Å². The van der Waals surface area contributed by atoms with E-state index in [4.69, 9.17) is 5.73 Å². The Labute approximate surface area is 122 Å². The molecule has 1 aromatic heterocycles. The normalized spacial score (nSPS) is 11.7. The second-order valence-corrected chi connectivity index (χ2v) is 7.21. The van der Waals surface area contributed by atoms with Crippen LogP contribution in [0.25, 0.3) is 0 Å². The number of hydrogen-bond donors (Lipinski definition) is 2. The summed E-state index contributed by atoms with van der Waals surface area (Å²) < 4.78 is 26.7. The molecular weight excluding hydrogens is 294 g/mol. The van der Waals surface area contributed by atoms with E-state index >= 15 is 0 Å². The first kappa shape index (κ1) is 15.1. The predicted molar refractivity (Wildman–Crippen MR) is 80.6 cm³/mol. The van der Waals surface area contributed by atoms with Gasteiger partial charge in [-0.2, -0.15) is 0 Å². The topological polar surface area (TPSA) is 85.1 Å². The van der Waals surface area contributed by atoms with E-state index in [1.807, 2.05) is 25.1 Å². The minimum atomic E-state index is -3.36. The van der Waals surface area contributed by atoms with Gasteiger partial charge in [0.2, 0.25) is 10.0 Å². The van der Waals surface area contributed by atoms with Crippen LogP contribution in [0.2, 0.25) is 0 Å². The largest absolute Gasteiger partial charge is 0.326 e. The molecule has 1 heterocycles. The summed E-state index contributed by atoms with van der Waals surface area (Å²) >= 11 is 1.45. The van der Waals surface area contributed by atoms with E-state index in [-0.39, 0.29) is 12.3 Å². The fourth-order valence-electron chi connectivity index (χ4n) is 1.79. The predicted octanol–water partition coefficient (Wildman–Crippen LogP) is 1.53. The van der Waals surface area contributed by atoms with Crippen molar-refractivity contribution >= 4 is 21.4 Å². The molecule has 0 unspecified atom stereocenters. The summed E-state index contributed by atoms with van der Waals surface area (Å²) in [4.78, 5) is 5.03. The van der Waals surface area contributed by atoms with Crippen LogP contribution in [0.3, 0.4) is 0 Å². The lowest BCUT2D eigenvalue weighted by molar-refractivity contribution is 0.581. The van der Waals surface area contributed by atoms with Crippen LogP contribution in [-0.4, -0.2) is 13.4 Å². The second kappa shape index (κ2) is 6.45. The highest BCUT2D eigenvalue weighted by Gasteiger charge is 2.13. The summed E-state index contributed by atoms with van der Waals surface area (Å²) in [6.07, 6.45) is 0. The summed E-state index contributed by atoms with van der Waals surface area (Å²) in [5.41, 5.74) is 9.79. The Balaban J connectivity index is 2.02. The van der Waals surface area contributed by atoms with Gasteiger partial charge in [0.25, 0.3) is 0 Å². The third-order valence-corrected chi connectivity index (χ3v) is 5.11. The van der Waals surface area contributed by atoms with Crippen molar-refractivity contribution < 1.29 is 8.42 Å². The Morgan fingerprint density at radius 1 is 1.35 bits per heavy atom. The maximum Gasteiger partial charge on any atom is 0.216 e. The minimum Gasteiger partial charge on any atom is -0.326 e. The molecule has 5 nitrogen and oxygen atoms in total. The fraction of sp³-hybridized carbons (Fsp3) is 0.308. The lowest BCUT2D eigenvalue weighted by atomic mass is 10.1. The summed E-state index contributed by atoms with van der Waals surface area (Å²) in [7, 11) is -3.36. The average molecular weight is 311 g/mol. The molecule has 0 radical (unpaired) electrons. The van der Waals surface area contributed by atoms with Crippen LogP contribution in [0, 0.1) is 6.92 Å². The van der Waals surface area contributed by atoms with E-state index < -0.39 is 10.0 Å². The molecular formula is C13H17N3O2S2. The molecule has 7 heteroatoms. The van der Waals surface area contributed by atoms with Crippen molar-refractivity contribution in [2.75, 3.05) is 0 Å². The Morgan fingerprint density at radius 3 is 2.75 bits per heavy atom. The van der Waals surface area contributed by atoms with Gasteiger partial charge in [0.1, 0.15) is 0 Å². The summed E-state index contributed by atoms with van der Waals surface area (Å²) in [6, 6.07) is 7.30. The number of nitrogens with zero attached hydrogens (tertiary/aromatic N) is 1. The maximum atomic E-state index is 12.0. The van der Waals surface area contributed by atoms with Gasteiger partial charge in [-0.3, -0.25) is 0 Å². The SMILES string of the molecule is Cc1ncsc1CNS(=O)(=O)Cc1cccc(CN)c1. The first-order valence-electron chi connectivity index (χ1n) is 6.14. The fourth-order valence-corrected chi connectivity index (χ4v) is 3.68. The van der Waals surface area contributed by atoms with Crippen molar-refractivity contribution in [3.8, 4) is 0 Å². The van der Waals surface area contributed by atoms with Gasteiger partial charge in [0.15, 0.2) is 0 Å². The molecule has 20 heavy (non-hydrogen) atoms. The van der Waals surface area contributed by atoms with E-state index in [1.165, 1.54) is 11.3 Å². The van der Waals surface area contributed by atoms with Gasteiger partial charge >= 0.3 is 0 Å². The highest BCUT2D eigenvalue weighted by atomic mass is 32.2. The number of nitrogens with one attached hydrogen (secondary N) is 1. The zero-order valence-electron chi connectivity index (χ0n) is 11.2. The van der Waals surface area contributed by atoms with Gasteiger partial charge in [-0.25, -0.2) is 18.1 Å². The van der Waals surface area contributed by atoms with E-state index in [0.29, 0.717) is 6.54 Å². The van der Waals surface area contributed by atoms with Gasteiger partial charge < -0.3 is 5.73 Å². The number of thiazole rings is 1. The number of nitrogens with two attached hydrogens (primary N) is 1. The second-order valence-electron chi connectivity index (χ2n) is 4.47. The lowest BCUT2D eigenvalue weighted by Crippen LogP contribution is -2.24. The number of aryl methyl sites for hydroxylation is 1. The van der Waals surface area contributed by atoms with Gasteiger partial charge in [-0.05, 0) is 18.1 Å². The molecule has 0 aliphatic carbocycles. The molecule has 0 amide bonds. The Morgan fingerprint density at radius 2 is 2.10 bits per heavy atom. The van der Waals surface area contributed by atoms with Crippen LogP contribution >= 0.6 is 11.3 Å². The quantitative estimate of drug-likeness (QED) is 0.847. The molecule has 0 saturated heterocycles. The standard InChI is InChI=1S/C13H17N3O2S2/c1-10-13(19-9-15-10)7-16-20(17,18)8-12-4-2-3-11(5-12)6-14/h2-5,9,16H,6-8,14H2,1H3. The molecule has 0 saturated carbocycles.